The Hall–Kier alpha value is -3.33. The number of fused-ring (bicyclic) bond motifs is 1. The van der Waals surface area contributed by atoms with Crippen LogP contribution in [0.15, 0.2) is 58.1 Å². The van der Waals surface area contributed by atoms with Crippen molar-refractivity contribution in [2.24, 2.45) is 7.05 Å². The molecule has 0 unspecified atom stereocenters. The number of hydrogen-bond acceptors (Lipinski definition) is 6. The number of hydrogen-bond donors (Lipinski definition) is 1. The molecule has 2 heterocycles. The third kappa shape index (κ3) is 3.95. The quantitative estimate of drug-likeness (QED) is 0.480. The van der Waals surface area contributed by atoms with E-state index in [4.69, 9.17) is 9.15 Å². The van der Waals surface area contributed by atoms with Crippen LogP contribution < -0.4 is 10.1 Å². The Balaban J connectivity index is 1.47. The molecular weight excluding hydrogens is 395 g/mol. The molecule has 0 spiro atoms. The number of nitrogens with one attached hydrogen (secondary N) is 1. The third-order valence-electron chi connectivity index (χ3n) is 4.24. The molecule has 2 aromatic carbocycles. The molecule has 9 heteroatoms. The molecule has 4 aromatic rings. The van der Waals surface area contributed by atoms with Gasteiger partial charge in [0.05, 0.1) is 12.9 Å². The highest BCUT2D eigenvalue weighted by Gasteiger charge is 2.17. The fraction of sp³-hybridized carbons (Fsp3) is 0.150. The number of halogens is 1. The smallest absolute Gasteiger partial charge is 0.234 e. The summed E-state index contributed by atoms with van der Waals surface area (Å²) in [5, 5.41) is 12.5. The highest BCUT2D eigenvalue weighted by Crippen LogP contribution is 2.33. The van der Waals surface area contributed by atoms with E-state index in [0.29, 0.717) is 33.8 Å². The number of amides is 1. The number of methoxy groups -OCH3 is 1. The fourth-order valence-corrected chi connectivity index (χ4v) is 3.53. The van der Waals surface area contributed by atoms with Crippen LogP contribution >= 0.6 is 11.8 Å². The minimum absolute atomic E-state index is 0.136. The van der Waals surface area contributed by atoms with Gasteiger partial charge in [-0.25, -0.2) is 4.39 Å². The van der Waals surface area contributed by atoms with Gasteiger partial charge in [0.2, 0.25) is 5.91 Å². The predicted molar refractivity (Wildman–Crippen MR) is 109 cm³/mol. The number of aromatic nitrogens is 3. The normalized spacial score (nSPS) is 11.0. The predicted octanol–water partition coefficient (Wildman–Crippen LogP) is 4.11. The van der Waals surface area contributed by atoms with Crippen molar-refractivity contribution in [1.29, 1.82) is 0 Å². The van der Waals surface area contributed by atoms with Crippen LogP contribution in [0.3, 0.4) is 0 Å². The number of furan rings is 1. The highest BCUT2D eigenvalue weighted by molar-refractivity contribution is 7.99. The average molecular weight is 412 g/mol. The molecule has 4 rings (SSSR count). The first kappa shape index (κ1) is 19.0. The third-order valence-corrected chi connectivity index (χ3v) is 5.26. The van der Waals surface area contributed by atoms with Gasteiger partial charge in [0, 0.05) is 18.1 Å². The van der Waals surface area contributed by atoms with E-state index in [2.05, 4.69) is 15.5 Å². The minimum atomic E-state index is -0.354. The van der Waals surface area contributed by atoms with Crippen LogP contribution in [0.25, 0.3) is 22.6 Å². The molecule has 1 amide bonds. The van der Waals surface area contributed by atoms with Gasteiger partial charge < -0.3 is 19.0 Å². The van der Waals surface area contributed by atoms with Crippen LogP contribution in [0.1, 0.15) is 0 Å². The van der Waals surface area contributed by atoms with E-state index in [1.165, 1.54) is 36.0 Å². The van der Waals surface area contributed by atoms with Crippen molar-refractivity contribution in [1.82, 2.24) is 14.8 Å². The number of ether oxygens (including phenoxy) is 1. The van der Waals surface area contributed by atoms with Gasteiger partial charge in [-0.15, -0.1) is 10.2 Å². The van der Waals surface area contributed by atoms with E-state index < -0.39 is 0 Å². The van der Waals surface area contributed by atoms with Crippen molar-refractivity contribution >= 4 is 34.3 Å². The van der Waals surface area contributed by atoms with Crippen LogP contribution in [0.5, 0.6) is 5.75 Å². The number of benzene rings is 2. The Morgan fingerprint density at radius 3 is 2.79 bits per heavy atom. The standard InChI is InChI=1S/C20H17FN4O3S/c1-25-19(16-10-12-4-3-5-15(27-2)18(12)28-16)23-24-20(25)29-11-17(26)22-14-8-6-13(21)7-9-14/h3-10H,11H2,1-2H3,(H,22,26). The van der Waals surface area contributed by atoms with Crippen molar-refractivity contribution in [3.05, 3.63) is 54.3 Å². The first-order valence-corrected chi connectivity index (χ1v) is 9.68. The Labute approximate surface area is 169 Å². The number of carbonyl (C=O) groups excluding carboxylic acids is 1. The summed E-state index contributed by atoms with van der Waals surface area (Å²) in [4.78, 5) is 12.1. The second kappa shape index (κ2) is 7.96. The SMILES string of the molecule is COc1cccc2cc(-c3nnc(SCC(=O)Nc4ccc(F)cc4)n3C)oc12. The monoisotopic (exact) mass is 412 g/mol. The number of thioether (sulfide) groups is 1. The maximum Gasteiger partial charge on any atom is 0.234 e. The van der Waals surface area contributed by atoms with E-state index in [1.807, 2.05) is 24.3 Å². The lowest BCUT2D eigenvalue weighted by molar-refractivity contribution is -0.113. The largest absolute Gasteiger partial charge is 0.493 e. The second-order valence-electron chi connectivity index (χ2n) is 6.20. The molecule has 0 bridgehead atoms. The lowest BCUT2D eigenvalue weighted by atomic mass is 10.2. The summed E-state index contributed by atoms with van der Waals surface area (Å²) in [6.07, 6.45) is 0. The summed E-state index contributed by atoms with van der Waals surface area (Å²) in [5.41, 5.74) is 1.17. The summed E-state index contributed by atoms with van der Waals surface area (Å²) < 4.78 is 25.9. The molecule has 0 fully saturated rings. The summed E-state index contributed by atoms with van der Waals surface area (Å²) in [7, 11) is 3.39. The van der Waals surface area contributed by atoms with Gasteiger partial charge in [-0.1, -0.05) is 23.9 Å². The summed E-state index contributed by atoms with van der Waals surface area (Å²) in [6.45, 7) is 0. The number of carbonyl (C=O) groups is 1. The van der Waals surface area contributed by atoms with E-state index in [0.717, 1.165) is 5.39 Å². The van der Waals surface area contributed by atoms with Crippen LogP contribution in [0.4, 0.5) is 10.1 Å². The molecule has 7 nitrogen and oxygen atoms in total. The zero-order chi connectivity index (χ0) is 20.4. The molecule has 0 aliphatic rings. The van der Waals surface area contributed by atoms with Gasteiger partial charge in [-0.05, 0) is 36.4 Å². The Morgan fingerprint density at radius 2 is 2.03 bits per heavy atom. The molecule has 0 radical (unpaired) electrons. The lowest BCUT2D eigenvalue weighted by Gasteiger charge is -2.05. The van der Waals surface area contributed by atoms with Crippen molar-refractivity contribution in [3.8, 4) is 17.3 Å². The first-order chi connectivity index (χ1) is 14.0. The molecule has 0 atom stereocenters. The Bertz CT molecular complexity index is 1170. The van der Waals surface area contributed by atoms with E-state index in [-0.39, 0.29) is 17.5 Å². The summed E-state index contributed by atoms with van der Waals surface area (Å²) in [5.74, 6) is 1.30. The van der Waals surface area contributed by atoms with Gasteiger partial charge in [-0.2, -0.15) is 0 Å². The number of anilines is 1. The summed E-state index contributed by atoms with van der Waals surface area (Å²) >= 11 is 1.24. The van der Waals surface area contributed by atoms with Crippen molar-refractivity contribution in [2.75, 3.05) is 18.2 Å². The van der Waals surface area contributed by atoms with Crippen LogP contribution in [0.2, 0.25) is 0 Å². The maximum atomic E-state index is 12.9. The second-order valence-corrected chi connectivity index (χ2v) is 7.14. The van der Waals surface area contributed by atoms with Crippen LogP contribution in [-0.2, 0) is 11.8 Å². The van der Waals surface area contributed by atoms with E-state index >= 15 is 0 Å². The minimum Gasteiger partial charge on any atom is -0.493 e. The molecule has 0 aliphatic heterocycles. The topological polar surface area (TPSA) is 82.2 Å². The van der Waals surface area contributed by atoms with Crippen LogP contribution in [0, 0.1) is 5.82 Å². The Morgan fingerprint density at radius 1 is 1.24 bits per heavy atom. The summed E-state index contributed by atoms with van der Waals surface area (Å²) in [6, 6.07) is 13.1. The fourth-order valence-electron chi connectivity index (χ4n) is 2.82. The molecule has 0 saturated carbocycles. The number of para-hydroxylation sites is 1. The van der Waals surface area contributed by atoms with Gasteiger partial charge in [0.1, 0.15) is 5.82 Å². The molecule has 2 aromatic heterocycles. The zero-order valence-electron chi connectivity index (χ0n) is 15.7. The van der Waals surface area contributed by atoms with E-state index in [9.17, 15) is 9.18 Å². The van der Waals surface area contributed by atoms with Gasteiger partial charge in [-0.3, -0.25) is 4.79 Å². The van der Waals surface area contributed by atoms with Gasteiger partial charge in [0.15, 0.2) is 28.1 Å². The van der Waals surface area contributed by atoms with Crippen molar-refractivity contribution in [3.63, 3.8) is 0 Å². The van der Waals surface area contributed by atoms with Crippen molar-refractivity contribution < 1.29 is 18.3 Å². The number of rotatable bonds is 6. The number of nitrogens with zero attached hydrogens (tertiary/aromatic N) is 3. The van der Waals surface area contributed by atoms with Crippen LogP contribution in [-0.4, -0.2) is 33.5 Å². The molecular formula is C20H17FN4O3S. The highest BCUT2D eigenvalue weighted by atomic mass is 32.2. The van der Waals surface area contributed by atoms with Gasteiger partial charge >= 0.3 is 0 Å². The molecule has 0 saturated heterocycles. The molecule has 29 heavy (non-hydrogen) atoms. The average Bonchev–Trinajstić information content (AvgIpc) is 3.31. The molecule has 148 valence electrons. The zero-order valence-corrected chi connectivity index (χ0v) is 16.5. The van der Waals surface area contributed by atoms with Gasteiger partial charge in [0.25, 0.3) is 0 Å². The Kier molecular flexibility index (Phi) is 5.22. The first-order valence-electron chi connectivity index (χ1n) is 8.69. The van der Waals surface area contributed by atoms with E-state index in [1.54, 1.807) is 18.7 Å². The molecule has 1 N–H and O–H groups in total. The van der Waals surface area contributed by atoms with Crippen molar-refractivity contribution in [2.45, 2.75) is 5.16 Å². The molecule has 0 aliphatic carbocycles. The lowest BCUT2D eigenvalue weighted by Crippen LogP contribution is -2.14. The maximum absolute atomic E-state index is 12.9.